The zero-order valence-corrected chi connectivity index (χ0v) is 20.4. The second kappa shape index (κ2) is 12.0. The average molecular weight is 494 g/mol. The Balaban J connectivity index is 0.00000324. The van der Waals surface area contributed by atoms with Crippen LogP contribution in [-0.4, -0.2) is 30.1 Å². The molecule has 2 heterocycles. The summed E-state index contributed by atoms with van der Waals surface area (Å²) < 4.78 is 10.6. The number of thiazole rings is 1. The molecule has 174 valence electrons. The van der Waals surface area contributed by atoms with Crippen LogP contribution in [0, 0.1) is 0 Å². The van der Waals surface area contributed by atoms with Crippen molar-refractivity contribution in [2.75, 3.05) is 14.2 Å². The smallest absolute Gasteiger partial charge is 0.244 e. The number of carbonyl (C=O) groups is 1. The van der Waals surface area contributed by atoms with Crippen molar-refractivity contribution in [3.63, 3.8) is 0 Å². The topological polar surface area (TPSA) is 73.3 Å². The van der Waals surface area contributed by atoms with Gasteiger partial charge in [-0.15, -0.1) is 23.7 Å². The predicted octanol–water partition coefficient (Wildman–Crippen LogP) is 5.64. The van der Waals surface area contributed by atoms with Crippen molar-refractivity contribution in [3.05, 3.63) is 89.7 Å². The molecule has 1 N–H and O–H groups in total. The molecule has 0 unspecified atom stereocenters. The summed E-state index contributed by atoms with van der Waals surface area (Å²) in [5, 5.41) is 3.73. The number of nitrogens with one attached hydrogen (secondary N) is 1. The van der Waals surface area contributed by atoms with Crippen LogP contribution >= 0.6 is 23.7 Å². The zero-order valence-electron chi connectivity index (χ0n) is 18.7. The Bertz CT molecular complexity index is 1180. The van der Waals surface area contributed by atoms with E-state index in [0.717, 1.165) is 43.8 Å². The van der Waals surface area contributed by atoms with Gasteiger partial charge in [0.25, 0.3) is 0 Å². The highest BCUT2D eigenvalue weighted by atomic mass is 35.5. The summed E-state index contributed by atoms with van der Waals surface area (Å²) in [4.78, 5) is 22.2. The number of methoxy groups -OCH3 is 2. The van der Waals surface area contributed by atoms with E-state index in [1.54, 1.807) is 44.0 Å². The average Bonchev–Trinajstić information content (AvgIpc) is 3.31. The molecule has 1 amide bonds. The van der Waals surface area contributed by atoms with Gasteiger partial charge in [0.2, 0.25) is 5.91 Å². The molecule has 34 heavy (non-hydrogen) atoms. The molecule has 0 aliphatic carbocycles. The number of nitrogens with zero attached hydrogens (tertiary/aromatic N) is 2. The van der Waals surface area contributed by atoms with Crippen LogP contribution in [0.3, 0.4) is 0 Å². The summed E-state index contributed by atoms with van der Waals surface area (Å²) in [7, 11) is 3.29. The standard InChI is InChI=1S/C26H23N3O3S.ClH/c1-31-21-10-6-19(7-11-21)25-26(20-8-12-22(32-2)13-9-20)33-24(29-25)17-28-23(30)14-5-18-4-3-15-27-16-18;/h3-16H,17H2,1-2H3,(H,28,30);1H. The summed E-state index contributed by atoms with van der Waals surface area (Å²) in [5.41, 5.74) is 3.74. The van der Waals surface area contributed by atoms with Crippen LogP contribution in [0.25, 0.3) is 27.8 Å². The minimum atomic E-state index is -0.189. The number of hydrogen-bond acceptors (Lipinski definition) is 6. The number of benzene rings is 2. The molecule has 4 aromatic rings. The number of halogens is 1. The van der Waals surface area contributed by atoms with Crippen LogP contribution in [0.1, 0.15) is 10.6 Å². The normalized spacial score (nSPS) is 10.5. The molecule has 0 bridgehead atoms. The van der Waals surface area contributed by atoms with Gasteiger partial charge in [0, 0.05) is 24.0 Å². The maximum absolute atomic E-state index is 12.3. The summed E-state index contributed by atoms with van der Waals surface area (Å²) in [6.45, 7) is 0.334. The highest BCUT2D eigenvalue weighted by molar-refractivity contribution is 7.15. The number of hydrogen-bond donors (Lipinski definition) is 1. The third-order valence-corrected chi connectivity index (χ3v) is 6.02. The number of rotatable bonds is 8. The van der Waals surface area contributed by atoms with Crippen LogP contribution in [-0.2, 0) is 11.3 Å². The molecule has 6 nitrogen and oxygen atoms in total. The van der Waals surface area contributed by atoms with Crippen molar-refractivity contribution in [1.29, 1.82) is 0 Å². The Morgan fingerprint density at radius 3 is 2.21 bits per heavy atom. The predicted molar refractivity (Wildman–Crippen MR) is 138 cm³/mol. The molecule has 0 saturated carbocycles. The SMILES string of the molecule is COc1ccc(-c2nc(CNC(=O)C=Cc3cccnc3)sc2-c2ccc(OC)cc2)cc1.Cl. The first-order valence-electron chi connectivity index (χ1n) is 10.3. The Hall–Kier alpha value is -3.68. The first-order valence-corrected chi connectivity index (χ1v) is 11.1. The van der Waals surface area contributed by atoms with Gasteiger partial charge in [0.05, 0.1) is 31.3 Å². The van der Waals surface area contributed by atoms with Gasteiger partial charge < -0.3 is 14.8 Å². The lowest BCUT2D eigenvalue weighted by Gasteiger charge is -2.05. The summed E-state index contributed by atoms with van der Waals surface area (Å²) in [6.07, 6.45) is 6.63. The number of amides is 1. The van der Waals surface area contributed by atoms with Gasteiger partial charge in [-0.05, 0) is 71.8 Å². The van der Waals surface area contributed by atoms with E-state index in [1.165, 1.54) is 6.08 Å². The van der Waals surface area contributed by atoms with Crippen molar-refractivity contribution in [2.45, 2.75) is 6.54 Å². The fourth-order valence-electron chi connectivity index (χ4n) is 3.19. The maximum Gasteiger partial charge on any atom is 0.244 e. The minimum absolute atomic E-state index is 0. The monoisotopic (exact) mass is 493 g/mol. The van der Waals surface area contributed by atoms with E-state index in [9.17, 15) is 4.79 Å². The van der Waals surface area contributed by atoms with E-state index < -0.39 is 0 Å². The molecule has 2 aromatic heterocycles. The molecule has 0 atom stereocenters. The Morgan fingerprint density at radius 2 is 1.62 bits per heavy atom. The zero-order chi connectivity index (χ0) is 23.0. The van der Waals surface area contributed by atoms with Gasteiger partial charge in [-0.1, -0.05) is 6.07 Å². The molecule has 0 radical (unpaired) electrons. The maximum atomic E-state index is 12.3. The lowest BCUT2D eigenvalue weighted by Crippen LogP contribution is -2.20. The molecule has 0 aliphatic rings. The molecule has 0 aliphatic heterocycles. The van der Waals surface area contributed by atoms with Crippen LogP contribution in [0.2, 0.25) is 0 Å². The first kappa shape index (κ1) is 25.0. The fraction of sp³-hybridized carbons (Fsp3) is 0.115. The minimum Gasteiger partial charge on any atom is -0.497 e. The second-order valence-corrected chi connectivity index (χ2v) is 8.16. The van der Waals surface area contributed by atoms with Crippen LogP contribution in [0.5, 0.6) is 11.5 Å². The number of ether oxygens (including phenoxy) is 2. The van der Waals surface area contributed by atoms with Crippen molar-refractivity contribution in [2.24, 2.45) is 0 Å². The lowest BCUT2D eigenvalue weighted by molar-refractivity contribution is -0.116. The first-order chi connectivity index (χ1) is 16.2. The van der Waals surface area contributed by atoms with Crippen molar-refractivity contribution in [3.8, 4) is 33.2 Å². The van der Waals surface area contributed by atoms with Gasteiger partial charge in [0.1, 0.15) is 16.5 Å². The van der Waals surface area contributed by atoms with Crippen molar-refractivity contribution < 1.29 is 14.3 Å². The van der Waals surface area contributed by atoms with Crippen LogP contribution in [0.15, 0.2) is 79.1 Å². The number of pyridine rings is 1. The third-order valence-electron chi connectivity index (χ3n) is 4.91. The van der Waals surface area contributed by atoms with Crippen molar-refractivity contribution >= 4 is 35.7 Å². The fourth-order valence-corrected chi connectivity index (χ4v) is 4.22. The van der Waals surface area contributed by atoms with Gasteiger partial charge in [-0.25, -0.2) is 4.98 Å². The van der Waals surface area contributed by atoms with Gasteiger partial charge in [-0.2, -0.15) is 0 Å². The second-order valence-electron chi connectivity index (χ2n) is 7.08. The van der Waals surface area contributed by atoms with E-state index in [1.807, 2.05) is 60.7 Å². The Morgan fingerprint density at radius 1 is 0.971 bits per heavy atom. The molecule has 0 saturated heterocycles. The van der Waals surface area contributed by atoms with Gasteiger partial charge >= 0.3 is 0 Å². The van der Waals surface area contributed by atoms with Gasteiger partial charge in [-0.3, -0.25) is 9.78 Å². The highest BCUT2D eigenvalue weighted by Crippen LogP contribution is 2.38. The summed E-state index contributed by atoms with van der Waals surface area (Å²) in [6, 6.07) is 19.4. The van der Waals surface area contributed by atoms with Gasteiger partial charge in [0.15, 0.2) is 0 Å². The Labute approximate surface area is 208 Å². The van der Waals surface area contributed by atoms with Crippen LogP contribution in [0.4, 0.5) is 0 Å². The van der Waals surface area contributed by atoms with E-state index in [2.05, 4.69) is 10.3 Å². The van der Waals surface area contributed by atoms with Crippen LogP contribution < -0.4 is 14.8 Å². The lowest BCUT2D eigenvalue weighted by atomic mass is 10.1. The highest BCUT2D eigenvalue weighted by Gasteiger charge is 2.16. The Kier molecular flexibility index (Phi) is 8.79. The van der Waals surface area contributed by atoms with Crippen molar-refractivity contribution in [1.82, 2.24) is 15.3 Å². The quantitative estimate of drug-likeness (QED) is 0.321. The molecular formula is C26H24ClN3O3S. The summed E-state index contributed by atoms with van der Waals surface area (Å²) in [5.74, 6) is 1.39. The molecule has 8 heteroatoms. The summed E-state index contributed by atoms with van der Waals surface area (Å²) >= 11 is 1.56. The van der Waals surface area contributed by atoms with E-state index in [-0.39, 0.29) is 18.3 Å². The molecule has 2 aromatic carbocycles. The molecule has 0 fully saturated rings. The van der Waals surface area contributed by atoms with E-state index in [4.69, 9.17) is 14.5 Å². The van der Waals surface area contributed by atoms with E-state index in [0.29, 0.717) is 6.54 Å². The largest absolute Gasteiger partial charge is 0.497 e. The number of carbonyl (C=O) groups excluding carboxylic acids is 1. The number of aromatic nitrogens is 2. The molecular weight excluding hydrogens is 470 g/mol. The van der Waals surface area contributed by atoms with E-state index >= 15 is 0 Å². The molecule has 4 rings (SSSR count). The molecule has 0 spiro atoms. The third kappa shape index (κ3) is 6.21.